The van der Waals surface area contributed by atoms with Crippen molar-refractivity contribution in [1.29, 1.82) is 0 Å². The molecule has 0 spiro atoms. The molecule has 1 aromatic rings. The second-order valence-electron chi connectivity index (χ2n) is 4.81. The van der Waals surface area contributed by atoms with Crippen LogP contribution in [0.25, 0.3) is 0 Å². The highest BCUT2D eigenvalue weighted by Crippen LogP contribution is 2.33. The van der Waals surface area contributed by atoms with Crippen molar-refractivity contribution in [3.05, 3.63) is 22.8 Å². The Morgan fingerprint density at radius 1 is 1.33 bits per heavy atom. The highest BCUT2D eigenvalue weighted by molar-refractivity contribution is 6.33. The lowest BCUT2D eigenvalue weighted by atomic mass is 9.99. The summed E-state index contributed by atoms with van der Waals surface area (Å²) in [7, 11) is 0. The minimum absolute atomic E-state index is 0.0194. The number of aromatic nitrogens is 1. The van der Waals surface area contributed by atoms with Crippen LogP contribution in [-0.4, -0.2) is 10.5 Å². The molecule has 0 atom stereocenters. The van der Waals surface area contributed by atoms with E-state index in [1.165, 1.54) is 0 Å². The first kappa shape index (κ1) is 15.1. The Morgan fingerprint density at radius 2 is 1.94 bits per heavy atom. The van der Waals surface area contributed by atoms with Crippen molar-refractivity contribution < 1.29 is 13.2 Å². The number of hydrogen-bond donors (Lipinski definition) is 1. The molecule has 18 heavy (non-hydrogen) atoms. The molecule has 1 heterocycles. The van der Waals surface area contributed by atoms with E-state index in [0.29, 0.717) is 0 Å². The van der Waals surface area contributed by atoms with Crippen LogP contribution in [0.4, 0.5) is 19.0 Å². The molecule has 102 valence electrons. The molecule has 0 saturated carbocycles. The zero-order valence-corrected chi connectivity index (χ0v) is 11.3. The van der Waals surface area contributed by atoms with E-state index in [2.05, 4.69) is 10.3 Å². The molecule has 2 nitrogen and oxygen atoms in total. The summed E-state index contributed by atoms with van der Waals surface area (Å²) in [6.07, 6.45) is -1.81. The van der Waals surface area contributed by atoms with Gasteiger partial charge in [-0.05, 0) is 26.3 Å². The number of rotatable bonds is 4. The zero-order chi connectivity index (χ0) is 14.0. The summed E-state index contributed by atoms with van der Waals surface area (Å²) in [4.78, 5) is 3.75. The third-order valence-corrected chi connectivity index (χ3v) is 2.79. The van der Waals surface area contributed by atoms with E-state index in [4.69, 9.17) is 11.6 Å². The fourth-order valence-corrected chi connectivity index (χ4v) is 1.91. The molecule has 0 saturated heterocycles. The molecular formula is C12H16ClF3N2. The number of alkyl halides is 3. The lowest BCUT2D eigenvalue weighted by Gasteiger charge is -2.27. The van der Waals surface area contributed by atoms with Gasteiger partial charge in [0.1, 0.15) is 5.82 Å². The Bertz CT molecular complexity index is 416. The monoisotopic (exact) mass is 280 g/mol. The van der Waals surface area contributed by atoms with Crippen molar-refractivity contribution in [2.45, 2.75) is 45.3 Å². The van der Waals surface area contributed by atoms with Crippen LogP contribution in [0.3, 0.4) is 0 Å². The summed E-state index contributed by atoms with van der Waals surface area (Å²) in [6, 6.07) is 0.888. The smallest absolute Gasteiger partial charge is 0.364 e. The van der Waals surface area contributed by atoms with E-state index in [-0.39, 0.29) is 16.4 Å². The molecule has 0 aliphatic heterocycles. The van der Waals surface area contributed by atoms with Gasteiger partial charge in [-0.15, -0.1) is 0 Å². The molecular weight excluding hydrogens is 265 g/mol. The first-order valence-electron chi connectivity index (χ1n) is 5.66. The highest BCUT2D eigenvalue weighted by Gasteiger charge is 2.32. The maximum absolute atomic E-state index is 12.4. The van der Waals surface area contributed by atoms with Crippen LogP contribution in [0.5, 0.6) is 0 Å². The summed E-state index contributed by atoms with van der Waals surface area (Å²) in [5, 5.41) is 3.04. The summed E-state index contributed by atoms with van der Waals surface area (Å²) in [5.41, 5.74) is -1.10. The lowest BCUT2D eigenvalue weighted by Crippen LogP contribution is -2.31. The van der Waals surface area contributed by atoms with Gasteiger partial charge >= 0.3 is 6.18 Å². The molecule has 0 amide bonds. The van der Waals surface area contributed by atoms with Crippen molar-refractivity contribution in [3.8, 4) is 0 Å². The highest BCUT2D eigenvalue weighted by atomic mass is 35.5. The largest absolute Gasteiger partial charge is 0.417 e. The predicted octanol–water partition coefficient (Wildman–Crippen LogP) is 4.74. The number of nitrogens with zero attached hydrogens (tertiary/aromatic N) is 1. The Kier molecular flexibility index (Phi) is 4.48. The van der Waals surface area contributed by atoms with E-state index in [1.807, 2.05) is 20.8 Å². The van der Waals surface area contributed by atoms with Crippen molar-refractivity contribution in [2.75, 3.05) is 5.32 Å². The van der Waals surface area contributed by atoms with Crippen LogP contribution < -0.4 is 5.32 Å². The average Bonchev–Trinajstić information content (AvgIpc) is 2.19. The number of anilines is 1. The van der Waals surface area contributed by atoms with Gasteiger partial charge in [-0.3, -0.25) is 0 Å². The van der Waals surface area contributed by atoms with E-state index in [9.17, 15) is 13.2 Å². The van der Waals surface area contributed by atoms with E-state index in [1.54, 1.807) is 0 Å². The summed E-state index contributed by atoms with van der Waals surface area (Å²) in [5.74, 6) is 0.281. The maximum Gasteiger partial charge on any atom is 0.417 e. The molecule has 1 rings (SSSR count). The summed E-state index contributed by atoms with van der Waals surface area (Å²) < 4.78 is 37.3. The topological polar surface area (TPSA) is 24.9 Å². The van der Waals surface area contributed by atoms with Crippen LogP contribution in [0.15, 0.2) is 12.3 Å². The molecule has 0 fully saturated rings. The normalized spacial score (nSPS) is 12.6. The van der Waals surface area contributed by atoms with Crippen LogP contribution in [0.2, 0.25) is 5.02 Å². The molecule has 0 radical (unpaired) electrons. The van der Waals surface area contributed by atoms with Gasteiger partial charge in [0.15, 0.2) is 0 Å². The SMILES string of the molecule is CCCC(C)(C)Nc1ncc(C(F)(F)F)cc1Cl. The number of pyridine rings is 1. The second kappa shape index (κ2) is 5.34. The van der Waals surface area contributed by atoms with E-state index < -0.39 is 11.7 Å². The van der Waals surface area contributed by atoms with Gasteiger partial charge in [-0.25, -0.2) is 4.98 Å². The van der Waals surface area contributed by atoms with Crippen molar-refractivity contribution in [1.82, 2.24) is 4.98 Å². The molecule has 0 aliphatic carbocycles. The zero-order valence-electron chi connectivity index (χ0n) is 10.5. The second-order valence-corrected chi connectivity index (χ2v) is 5.22. The van der Waals surface area contributed by atoms with Crippen LogP contribution in [-0.2, 0) is 6.18 Å². The van der Waals surface area contributed by atoms with E-state index >= 15 is 0 Å². The van der Waals surface area contributed by atoms with Gasteiger partial charge < -0.3 is 5.32 Å². The van der Waals surface area contributed by atoms with Gasteiger partial charge in [-0.1, -0.05) is 24.9 Å². The van der Waals surface area contributed by atoms with Crippen LogP contribution >= 0.6 is 11.6 Å². The molecule has 1 N–H and O–H groups in total. The first-order chi connectivity index (χ1) is 8.15. The van der Waals surface area contributed by atoms with Crippen molar-refractivity contribution in [3.63, 3.8) is 0 Å². The third-order valence-electron chi connectivity index (χ3n) is 2.50. The number of halogens is 4. The van der Waals surface area contributed by atoms with Gasteiger partial charge in [0.2, 0.25) is 0 Å². The first-order valence-corrected chi connectivity index (χ1v) is 6.04. The molecule has 0 bridgehead atoms. The number of nitrogens with one attached hydrogen (secondary N) is 1. The van der Waals surface area contributed by atoms with Gasteiger partial charge in [-0.2, -0.15) is 13.2 Å². The molecule has 0 aliphatic rings. The van der Waals surface area contributed by atoms with Crippen molar-refractivity contribution in [2.24, 2.45) is 0 Å². The van der Waals surface area contributed by atoms with E-state index in [0.717, 1.165) is 25.1 Å². The summed E-state index contributed by atoms with van der Waals surface area (Å²) >= 11 is 5.82. The summed E-state index contributed by atoms with van der Waals surface area (Å²) in [6.45, 7) is 5.93. The maximum atomic E-state index is 12.4. The third kappa shape index (κ3) is 4.05. The number of hydrogen-bond acceptors (Lipinski definition) is 2. The Labute approximate surface area is 110 Å². The van der Waals surface area contributed by atoms with Crippen LogP contribution in [0.1, 0.15) is 39.2 Å². The average molecular weight is 281 g/mol. The standard InChI is InChI=1S/C12H16ClF3N2/c1-4-5-11(2,3)18-10-9(13)6-8(7-17-10)12(14,15)16/h6-7H,4-5H2,1-3H3,(H,17,18). The minimum atomic E-state index is -4.42. The predicted molar refractivity (Wildman–Crippen MR) is 66.9 cm³/mol. The Balaban J connectivity index is 2.93. The lowest BCUT2D eigenvalue weighted by molar-refractivity contribution is -0.137. The minimum Gasteiger partial charge on any atom is -0.364 e. The molecule has 1 aromatic heterocycles. The molecule has 0 unspecified atom stereocenters. The van der Waals surface area contributed by atoms with Gasteiger partial charge in [0.05, 0.1) is 10.6 Å². The van der Waals surface area contributed by atoms with Crippen molar-refractivity contribution >= 4 is 17.4 Å². The van der Waals surface area contributed by atoms with Crippen LogP contribution in [0, 0.1) is 0 Å². The fraction of sp³-hybridized carbons (Fsp3) is 0.583. The van der Waals surface area contributed by atoms with Gasteiger partial charge in [0, 0.05) is 11.7 Å². The molecule has 6 heteroatoms. The Morgan fingerprint density at radius 3 is 2.39 bits per heavy atom. The molecule has 0 aromatic carbocycles. The fourth-order valence-electron chi connectivity index (χ4n) is 1.69. The Hall–Kier alpha value is -0.970. The van der Waals surface area contributed by atoms with Gasteiger partial charge in [0.25, 0.3) is 0 Å². The quantitative estimate of drug-likeness (QED) is 0.861.